The zero-order chi connectivity index (χ0) is 26.5. The van der Waals surface area contributed by atoms with Crippen molar-refractivity contribution in [2.75, 3.05) is 20.8 Å². The molecule has 0 fully saturated rings. The number of aromatic amines is 1. The molecule has 2 heterocycles. The maximum atomic E-state index is 13.6. The number of amides is 1. The van der Waals surface area contributed by atoms with Crippen LogP contribution < -0.4 is 19.5 Å². The molecule has 0 aliphatic heterocycles. The van der Waals surface area contributed by atoms with E-state index >= 15 is 0 Å². The van der Waals surface area contributed by atoms with Crippen LogP contribution in [0.25, 0.3) is 33.5 Å². The fourth-order valence-electron chi connectivity index (χ4n) is 4.23. The Hall–Kier alpha value is -4.85. The molecule has 8 nitrogen and oxygen atoms in total. The van der Waals surface area contributed by atoms with Crippen LogP contribution in [0.1, 0.15) is 22.8 Å². The van der Waals surface area contributed by atoms with Gasteiger partial charge in [0.15, 0.2) is 5.65 Å². The van der Waals surface area contributed by atoms with Crippen molar-refractivity contribution in [3.8, 4) is 39.8 Å². The van der Waals surface area contributed by atoms with E-state index in [1.54, 1.807) is 14.2 Å². The zero-order valence-electron chi connectivity index (χ0n) is 21.4. The van der Waals surface area contributed by atoms with Crippen molar-refractivity contribution in [3.05, 3.63) is 90.0 Å². The van der Waals surface area contributed by atoms with Crippen LogP contribution in [0.15, 0.2) is 78.9 Å². The predicted molar refractivity (Wildman–Crippen MR) is 147 cm³/mol. The number of carbonyl (C=O) groups is 1. The fourth-order valence-corrected chi connectivity index (χ4v) is 4.23. The average Bonchev–Trinajstić information content (AvgIpc) is 3.40. The quantitative estimate of drug-likeness (QED) is 0.267. The van der Waals surface area contributed by atoms with Gasteiger partial charge in [0.05, 0.1) is 43.2 Å². The molecule has 0 spiro atoms. The monoisotopic (exact) mass is 508 g/mol. The van der Waals surface area contributed by atoms with Crippen molar-refractivity contribution in [1.29, 1.82) is 0 Å². The lowest BCUT2D eigenvalue weighted by Crippen LogP contribution is -2.23. The molecule has 0 aliphatic rings. The Balaban J connectivity index is 1.55. The highest BCUT2D eigenvalue weighted by Gasteiger charge is 2.20. The van der Waals surface area contributed by atoms with Crippen molar-refractivity contribution >= 4 is 16.9 Å². The third-order valence-corrected chi connectivity index (χ3v) is 6.22. The van der Waals surface area contributed by atoms with Crippen molar-refractivity contribution in [3.63, 3.8) is 0 Å². The van der Waals surface area contributed by atoms with Crippen LogP contribution in [0.5, 0.6) is 17.2 Å². The molecule has 3 aromatic carbocycles. The largest absolute Gasteiger partial charge is 0.497 e. The number of nitrogens with zero attached hydrogens (tertiary/aromatic N) is 2. The molecule has 38 heavy (non-hydrogen) atoms. The molecule has 0 atom stereocenters. The zero-order valence-corrected chi connectivity index (χ0v) is 21.4. The van der Waals surface area contributed by atoms with Crippen molar-refractivity contribution in [2.24, 2.45) is 0 Å². The van der Waals surface area contributed by atoms with E-state index in [1.165, 1.54) is 0 Å². The summed E-state index contributed by atoms with van der Waals surface area (Å²) in [5.74, 6) is 2.05. The average molecular weight is 509 g/mol. The Kier molecular flexibility index (Phi) is 7.21. The second-order valence-electron chi connectivity index (χ2n) is 8.57. The molecule has 0 saturated heterocycles. The molecule has 8 heteroatoms. The summed E-state index contributed by atoms with van der Waals surface area (Å²) < 4.78 is 16.1. The van der Waals surface area contributed by atoms with Gasteiger partial charge in [-0.15, -0.1) is 0 Å². The minimum absolute atomic E-state index is 0.225. The SMILES string of the molecule is CCOc1ccc(-c2cc(C(=O)NCc3ccc(OC)cc3)c3c(-c4ccc(OC)cc4)[nH]nc3n2)cc1. The van der Waals surface area contributed by atoms with Crippen LogP contribution >= 0.6 is 0 Å². The van der Waals surface area contributed by atoms with E-state index in [1.807, 2.05) is 85.8 Å². The molecular formula is C30H28N4O4. The van der Waals surface area contributed by atoms with Crippen LogP contribution in [0, 0.1) is 0 Å². The first-order valence-electron chi connectivity index (χ1n) is 12.3. The van der Waals surface area contributed by atoms with Gasteiger partial charge in [0, 0.05) is 17.7 Å². The summed E-state index contributed by atoms with van der Waals surface area (Å²) in [6.45, 7) is 2.89. The Morgan fingerprint density at radius 1 is 0.842 bits per heavy atom. The highest BCUT2D eigenvalue weighted by atomic mass is 16.5. The van der Waals surface area contributed by atoms with Crippen LogP contribution in [-0.4, -0.2) is 41.9 Å². The Morgan fingerprint density at radius 2 is 1.45 bits per heavy atom. The summed E-state index contributed by atoms with van der Waals surface area (Å²) in [6, 6.07) is 24.6. The number of aromatic nitrogens is 3. The molecule has 0 radical (unpaired) electrons. The van der Waals surface area contributed by atoms with E-state index in [9.17, 15) is 4.79 Å². The number of fused-ring (bicyclic) bond motifs is 1. The molecule has 0 bridgehead atoms. The van der Waals surface area contributed by atoms with E-state index < -0.39 is 0 Å². The lowest BCUT2D eigenvalue weighted by atomic mass is 10.0. The third kappa shape index (κ3) is 5.15. The highest BCUT2D eigenvalue weighted by Crippen LogP contribution is 2.32. The van der Waals surface area contributed by atoms with Gasteiger partial charge in [-0.25, -0.2) is 4.98 Å². The van der Waals surface area contributed by atoms with Crippen LogP contribution in [0.4, 0.5) is 0 Å². The molecule has 5 aromatic rings. The van der Waals surface area contributed by atoms with Crippen LogP contribution in [0.3, 0.4) is 0 Å². The summed E-state index contributed by atoms with van der Waals surface area (Å²) >= 11 is 0. The molecule has 0 aliphatic carbocycles. The molecule has 1 amide bonds. The topological polar surface area (TPSA) is 98.4 Å². The van der Waals surface area contributed by atoms with Gasteiger partial charge in [0.25, 0.3) is 5.91 Å². The van der Waals surface area contributed by atoms with Crippen LogP contribution in [0.2, 0.25) is 0 Å². The Morgan fingerprint density at radius 3 is 2.08 bits per heavy atom. The van der Waals surface area contributed by atoms with Crippen molar-refractivity contribution in [1.82, 2.24) is 20.5 Å². The number of rotatable bonds is 9. The van der Waals surface area contributed by atoms with Gasteiger partial charge in [-0.3, -0.25) is 9.89 Å². The molecule has 0 unspecified atom stereocenters. The lowest BCUT2D eigenvalue weighted by molar-refractivity contribution is 0.0952. The lowest BCUT2D eigenvalue weighted by Gasteiger charge is -2.11. The van der Waals surface area contributed by atoms with Gasteiger partial charge >= 0.3 is 0 Å². The van der Waals surface area contributed by atoms with Crippen LogP contribution in [-0.2, 0) is 6.54 Å². The molecule has 2 aromatic heterocycles. The minimum Gasteiger partial charge on any atom is -0.497 e. The number of nitrogens with one attached hydrogen (secondary N) is 2. The molecule has 5 rings (SSSR count). The van der Waals surface area contributed by atoms with E-state index in [2.05, 4.69) is 15.5 Å². The van der Waals surface area contributed by atoms with E-state index in [0.717, 1.165) is 33.9 Å². The maximum absolute atomic E-state index is 13.6. The summed E-state index contributed by atoms with van der Waals surface area (Å²) in [5.41, 5.74) is 4.97. The van der Waals surface area contributed by atoms with Gasteiger partial charge in [0.1, 0.15) is 17.2 Å². The number of H-pyrrole nitrogens is 1. The first-order valence-corrected chi connectivity index (χ1v) is 12.3. The number of pyridine rings is 1. The van der Waals surface area contributed by atoms with E-state index in [-0.39, 0.29) is 5.91 Å². The second kappa shape index (κ2) is 11.0. The van der Waals surface area contributed by atoms with E-state index in [4.69, 9.17) is 19.2 Å². The summed E-state index contributed by atoms with van der Waals surface area (Å²) in [4.78, 5) is 18.4. The second-order valence-corrected chi connectivity index (χ2v) is 8.57. The first kappa shape index (κ1) is 24.8. The maximum Gasteiger partial charge on any atom is 0.252 e. The minimum atomic E-state index is -0.225. The Bertz CT molecular complexity index is 1540. The number of carbonyl (C=O) groups excluding carboxylic acids is 1. The van der Waals surface area contributed by atoms with Gasteiger partial charge in [-0.1, -0.05) is 12.1 Å². The third-order valence-electron chi connectivity index (χ3n) is 6.22. The predicted octanol–water partition coefficient (Wildman–Crippen LogP) is 5.64. The molecule has 192 valence electrons. The van der Waals surface area contributed by atoms with Crippen molar-refractivity contribution in [2.45, 2.75) is 13.5 Å². The Labute approximate surface area is 220 Å². The van der Waals surface area contributed by atoms with Gasteiger partial charge in [-0.2, -0.15) is 5.10 Å². The molecule has 2 N–H and O–H groups in total. The van der Waals surface area contributed by atoms with Crippen molar-refractivity contribution < 1.29 is 19.0 Å². The molecule has 0 saturated carbocycles. The standard InChI is InChI=1S/C30H28N4O4/c1-4-38-24-15-7-20(8-16-24)26-17-25(30(35)31-18-19-5-11-22(36-2)12-6-19)27-28(33-34-29(27)32-26)21-9-13-23(37-3)14-10-21/h5-17H,4,18H2,1-3H3,(H,31,35)(H,32,33,34). The normalized spacial score (nSPS) is 10.8. The van der Waals surface area contributed by atoms with Gasteiger partial charge in [0.2, 0.25) is 0 Å². The van der Waals surface area contributed by atoms with Gasteiger partial charge < -0.3 is 19.5 Å². The summed E-state index contributed by atoms with van der Waals surface area (Å²) in [5, 5.41) is 11.2. The number of ether oxygens (including phenoxy) is 3. The fraction of sp³-hybridized carbons (Fsp3) is 0.167. The molecular weight excluding hydrogens is 480 g/mol. The summed E-state index contributed by atoms with van der Waals surface area (Å²) in [6.07, 6.45) is 0. The highest BCUT2D eigenvalue weighted by molar-refractivity contribution is 6.11. The number of methoxy groups -OCH3 is 2. The number of benzene rings is 3. The van der Waals surface area contributed by atoms with E-state index in [0.29, 0.717) is 41.1 Å². The number of hydrogen-bond acceptors (Lipinski definition) is 6. The smallest absolute Gasteiger partial charge is 0.252 e. The number of hydrogen-bond donors (Lipinski definition) is 2. The summed E-state index contributed by atoms with van der Waals surface area (Å²) in [7, 11) is 3.25. The first-order chi connectivity index (χ1) is 18.6. The van der Waals surface area contributed by atoms with Gasteiger partial charge in [-0.05, 0) is 79.2 Å².